The van der Waals surface area contributed by atoms with Crippen LogP contribution in [-0.2, 0) is 15.6 Å². The molecule has 1 amide bonds. The minimum atomic E-state index is -0.371. The summed E-state index contributed by atoms with van der Waals surface area (Å²) in [5.74, 6) is 2.00. The molecule has 0 aliphatic rings. The summed E-state index contributed by atoms with van der Waals surface area (Å²) >= 11 is 1.82. The first-order valence-electron chi connectivity index (χ1n) is 9.66. The zero-order chi connectivity index (χ0) is 20.4. The fraction of sp³-hybridized carbons (Fsp3) is 0.696. The van der Waals surface area contributed by atoms with E-state index in [0.717, 1.165) is 11.5 Å². The summed E-state index contributed by atoms with van der Waals surface area (Å²) in [6.07, 6.45) is 0. The topological polar surface area (TPSA) is 29.1 Å². The fourth-order valence-electron chi connectivity index (χ4n) is 2.78. The first kappa shape index (κ1) is 23.1. The van der Waals surface area contributed by atoms with Gasteiger partial charge in [0.05, 0.1) is 5.41 Å². The summed E-state index contributed by atoms with van der Waals surface area (Å²) in [5, 5.41) is 3.34. The van der Waals surface area contributed by atoms with Crippen LogP contribution in [0.2, 0.25) is 0 Å². The molecule has 0 spiro atoms. The minimum Gasteiger partial charge on any atom is -0.350 e. The van der Waals surface area contributed by atoms with Crippen molar-refractivity contribution >= 4 is 17.7 Å². The molecule has 1 rings (SSSR count). The second-order valence-electron chi connectivity index (χ2n) is 10.1. The molecule has 0 aliphatic carbocycles. The van der Waals surface area contributed by atoms with E-state index in [-0.39, 0.29) is 27.7 Å². The van der Waals surface area contributed by atoms with Crippen molar-refractivity contribution in [2.75, 3.05) is 11.5 Å². The smallest absolute Gasteiger partial charge is 0.226 e. The van der Waals surface area contributed by atoms with Gasteiger partial charge in [-0.3, -0.25) is 4.79 Å². The van der Waals surface area contributed by atoms with Gasteiger partial charge in [0.15, 0.2) is 0 Å². The van der Waals surface area contributed by atoms with Crippen molar-refractivity contribution in [1.29, 1.82) is 0 Å². The Kier molecular flexibility index (Phi) is 7.07. The molecule has 1 N–H and O–H groups in total. The Balaban J connectivity index is 3.03. The maximum atomic E-state index is 12.9. The van der Waals surface area contributed by atoms with Gasteiger partial charge in [0.2, 0.25) is 5.91 Å². The fourth-order valence-corrected chi connectivity index (χ4v) is 3.63. The van der Waals surface area contributed by atoms with Crippen LogP contribution in [0.3, 0.4) is 0 Å². The Morgan fingerprint density at radius 1 is 0.885 bits per heavy atom. The van der Waals surface area contributed by atoms with Gasteiger partial charge in [0, 0.05) is 16.7 Å². The maximum Gasteiger partial charge on any atom is 0.226 e. The van der Waals surface area contributed by atoms with Gasteiger partial charge in [0.25, 0.3) is 0 Å². The summed E-state index contributed by atoms with van der Waals surface area (Å²) in [5.41, 5.74) is 1.81. The number of thioether (sulfide) groups is 1. The third kappa shape index (κ3) is 5.28. The highest BCUT2D eigenvalue weighted by Crippen LogP contribution is 2.37. The number of nitrogens with one attached hydrogen (secondary N) is 1. The van der Waals surface area contributed by atoms with Crippen LogP contribution in [0.1, 0.15) is 80.4 Å². The first-order valence-corrected chi connectivity index (χ1v) is 10.8. The van der Waals surface area contributed by atoms with E-state index in [1.807, 2.05) is 25.6 Å². The van der Waals surface area contributed by atoms with Crippen molar-refractivity contribution in [2.45, 2.75) is 85.6 Å². The molecular weight excluding hydrogens is 338 g/mol. The van der Waals surface area contributed by atoms with Crippen LogP contribution in [0, 0.1) is 5.41 Å². The lowest BCUT2D eigenvalue weighted by Crippen LogP contribution is -2.58. The van der Waals surface area contributed by atoms with Gasteiger partial charge < -0.3 is 5.32 Å². The maximum absolute atomic E-state index is 12.9. The number of carbonyl (C=O) groups is 1. The van der Waals surface area contributed by atoms with E-state index in [0.29, 0.717) is 0 Å². The number of benzene rings is 1. The van der Waals surface area contributed by atoms with Gasteiger partial charge >= 0.3 is 0 Å². The number of rotatable bonds is 7. The van der Waals surface area contributed by atoms with Crippen molar-refractivity contribution in [3.63, 3.8) is 0 Å². The van der Waals surface area contributed by atoms with Crippen molar-refractivity contribution in [1.82, 2.24) is 5.32 Å². The van der Waals surface area contributed by atoms with Crippen molar-refractivity contribution < 1.29 is 4.79 Å². The minimum absolute atomic E-state index is 0.128. The lowest BCUT2D eigenvalue weighted by atomic mass is 9.68. The van der Waals surface area contributed by atoms with E-state index in [1.54, 1.807) is 0 Å². The summed E-state index contributed by atoms with van der Waals surface area (Å²) in [7, 11) is 0. The molecule has 3 heteroatoms. The Hall–Kier alpha value is -0.960. The Bertz CT molecular complexity index is 606. The molecule has 0 bridgehead atoms. The van der Waals surface area contributed by atoms with Gasteiger partial charge in [-0.15, -0.1) is 0 Å². The third-order valence-corrected chi connectivity index (χ3v) is 7.08. The van der Waals surface area contributed by atoms with Crippen molar-refractivity contribution in [3.05, 3.63) is 35.4 Å². The molecule has 0 radical (unpaired) electrons. The zero-order valence-corrected chi connectivity index (χ0v) is 19.4. The number of amides is 1. The molecule has 0 saturated carbocycles. The van der Waals surface area contributed by atoms with Crippen LogP contribution in [-0.4, -0.2) is 23.0 Å². The monoisotopic (exact) mass is 377 g/mol. The largest absolute Gasteiger partial charge is 0.350 e. The highest BCUT2D eigenvalue weighted by molar-refractivity contribution is 7.99. The molecule has 148 valence electrons. The number of carbonyl (C=O) groups excluding carboxylic acids is 1. The van der Waals surface area contributed by atoms with E-state index in [2.05, 4.69) is 85.0 Å². The predicted octanol–water partition coefficient (Wildman–Crippen LogP) is 5.94. The predicted molar refractivity (Wildman–Crippen MR) is 117 cm³/mol. The lowest BCUT2D eigenvalue weighted by molar-refractivity contribution is -0.130. The van der Waals surface area contributed by atoms with Crippen LogP contribution in [0.5, 0.6) is 0 Å². The molecule has 0 aliphatic heterocycles. The highest BCUT2D eigenvalue weighted by Gasteiger charge is 2.42. The van der Waals surface area contributed by atoms with Crippen molar-refractivity contribution in [2.24, 2.45) is 5.41 Å². The zero-order valence-electron chi connectivity index (χ0n) is 18.5. The van der Waals surface area contributed by atoms with E-state index in [1.165, 1.54) is 11.1 Å². The number of hydrogen-bond acceptors (Lipinski definition) is 2. The van der Waals surface area contributed by atoms with E-state index < -0.39 is 0 Å². The van der Waals surface area contributed by atoms with Crippen LogP contribution in [0.25, 0.3) is 0 Å². The molecule has 0 saturated heterocycles. The molecule has 0 aromatic heterocycles. The summed E-state index contributed by atoms with van der Waals surface area (Å²) < 4.78 is 0. The average molecular weight is 378 g/mol. The van der Waals surface area contributed by atoms with Crippen molar-refractivity contribution in [3.8, 4) is 0 Å². The molecule has 1 aromatic rings. The third-order valence-electron chi connectivity index (χ3n) is 5.74. The first-order chi connectivity index (χ1) is 11.6. The second-order valence-corrected chi connectivity index (χ2v) is 11.3. The summed E-state index contributed by atoms with van der Waals surface area (Å²) in [6.45, 7) is 21.6. The molecule has 0 atom stereocenters. The molecule has 0 heterocycles. The van der Waals surface area contributed by atoms with Crippen LogP contribution < -0.4 is 5.32 Å². The average Bonchev–Trinajstić information content (AvgIpc) is 2.51. The molecule has 1 aromatic carbocycles. The van der Waals surface area contributed by atoms with Crippen LogP contribution in [0.4, 0.5) is 0 Å². The Morgan fingerprint density at radius 3 is 1.77 bits per heavy atom. The van der Waals surface area contributed by atoms with Crippen LogP contribution in [0.15, 0.2) is 24.3 Å². The molecule has 2 nitrogen and oxygen atoms in total. The lowest BCUT2D eigenvalue weighted by Gasteiger charge is -2.44. The summed E-state index contributed by atoms with van der Waals surface area (Å²) in [4.78, 5) is 12.9. The molecule has 26 heavy (non-hydrogen) atoms. The quantitative estimate of drug-likeness (QED) is 0.637. The highest BCUT2D eigenvalue weighted by atomic mass is 32.2. The van der Waals surface area contributed by atoms with E-state index in [9.17, 15) is 4.79 Å². The SMILES string of the molecule is CCSCC(C)(C)C(=O)NC(C)(C)C(C)(C)c1ccc(C(C)(C)C)cc1. The molecule has 0 unspecified atom stereocenters. The van der Waals surface area contributed by atoms with Gasteiger partial charge in [-0.1, -0.05) is 79.7 Å². The summed E-state index contributed by atoms with van der Waals surface area (Å²) in [6, 6.07) is 8.87. The van der Waals surface area contributed by atoms with Gasteiger partial charge in [-0.05, 0) is 36.1 Å². The second kappa shape index (κ2) is 7.96. The van der Waals surface area contributed by atoms with Gasteiger partial charge in [0.1, 0.15) is 0 Å². The van der Waals surface area contributed by atoms with Gasteiger partial charge in [-0.25, -0.2) is 0 Å². The molecule has 0 fully saturated rings. The van der Waals surface area contributed by atoms with Gasteiger partial charge in [-0.2, -0.15) is 11.8 Å². The molecular formula is C23H39NOS. The number of hydrogen-bond donors (Lipinski definition) is 1. The van der Waals surface area contributed by atoms with Crippen LogP contribution >= 0.6 is 11.8 Å². The normalized spacial score (nSPS) is 13.6. The van der Waals surface area contributed by atoms with E-state index >= 15 is 0 Å². The van der Waals surface area contributed by atoms with E-state index in [4.69, 9.17) is 0 Å². The Morgan fingerprint density at radius 2 is 1.35 bits per heavy atom. The standard InChI is InChI=1S/C23H39NOS/c1-11-26-16-21(5,6)19(25)24-23(9,10)22(7,8)18-14-12-17(13-15-18)20(2,3)4/h12-15H,11,16H2,1-10H3,(H,24,25). The Labute approximate surface area is 165 Å².